The molecule has 1 amide bonds. The second-order valence-corrected chi connectivity index (χ2v) is 3.92. The van der Waals surface area contributed by atoms with Crippen molar-refractivity contribution in [2.45, 2.75) is 13.8 Å². The number of carbonyl (C=O) groups is 1. The molecule has 0 atom stereocenters. The molecule has 0 saturated carbocycles. The molecule has 0 unspecified atom stereocenters. The molecule has 1 aromatic rings. The highest BCUT2D eigenvalue weighted by Gasteiger charge is 2.12. The zero-order chi connectivity index (χ0) is 12.8. The number of likely N-dealkylation sites (N-methyl/N-ethyl adjacent to an activating group) is 1. The molecule has 0 fully saturated rings. The maximum atomic E-state index is 12.0. The molecule has 17 heavy (non-hydrogen) atoms. The Hall–Kier alpha value is -1.55. The first-order chi connectivity index (χ1) is 8.06. The van der Waals surface area contributed by atoms with Gasteiger partial charge in [-0.3, -0.25) is 4.79 Å². The second-order valence-electron chi connectivity index (χ2n) is 3.92. The normalized spacial score (nSPS) is 10.3. The van der Waals surface area contributed by atoms with E-state index in [1.807, 2.05) is 6.92 Å². The number of hydrogen-bond donors (Lipinski definition) is 1. The fraction of sp³-hybridized carbons (Fsp3) is 0.462. The molecular formula is C13H19NO3. The quantitative estimate of drug-likeness (QED) is 0.794. The number of rotatable bonds is 5. The van der Waals surface area contributed by atoms with Crippen molar-refractivity contribution < 1.29 is 14.6 Å². The van der Waals surface area contributed by atoms with E-state index < -0.39 is 0 Å². The summed E-state index contributed by atoms with van der Waals surface area (Å²) in [6.45, 7) is 5.44. The lowest BCUT2D eigenvalue weighted by atomic mass is 10.1. The van der Waals surface area contributed by atoms with Crippen LogP contribution in [0.25, 0.3) is 0 Å². The highest BCUT2D eigenvalue weighted by molar-refractivity contribution is 5.94. The fourth-order valence-electron chi connectivity index (χ4n) is 1.46. The zero-order valence-electron chi connectivity index (χ0n) is 10.6. The third kappa shape index (κ3) is 3.75. The average molecular weight is 237 g/mol. The molecule has 0 heterocycles. The van der Waals surface area contributed by atoms with Gasteiger partial charge < -0.3 is 14.7 Å². The first-order valence-electron chi connectivity index (χ1n) is 5.69. The van der Waals surface area contributed by atoms with Gasteiger partial charge in [-0.15, -0.1) is 0 Å². The smallest absolute Gasteiger partial charge is 0.253 e. The largest absolute Gasteiger partial charge is 0.508 e. The Morgan fingerprint density at radius 2 is 2.18 bits per heavy atom. The van der Waals surface area contributed by atoms with Crippen LogP contribution in [0.15, 0.2) is 18.2 Å². The third-order valence-electron chi connectivity index (χ3n) is 2.57. The summed E-state index contributed by atoms with van der Waals surface area (Å²) in [6, 6.07) is 4.86. The summed E-state index contributed by atoms with van der Waals surface area (Å²) in [5.74, 6) is 0.145. The van der Waals surface area contributed by atoms with Crippen molar-refractivity contribution >= 4 is 5.91 Å². The molecule has 94 valence electrons. The molecule has 0 saturated heterocycles. The summed E-state index contributed by atoms with van der Waals surface area (Å²) in [4.78, 5) is 13.6. The number of ether oxygens (including phenoxy) is 1. The predicted molar refractivity (Wildman–Crippen MR) is 66.3 cm³/mol. The molecule has 0 aliphatic heterocycles. The van der Waals surface area contributed by atoms with Gasteiger partial charge in [-0.25, -0.2) is 0 Å². The van der Waals surface area contributed by atoms with E-state index in [9.17, 15) is 9.90 Å². The van der Waals surface area contributed by atoms with Crippen molar-refractivity contribution in [3.8, 4) is 5.75 Å². The van der Waals surface area contributed by atoms with Crippen LogP contribution in [0.3, 0.4) is 0 Å². The van der Waals surface area contributed by atoms with Crippen molar-refractivity contribution in [3.63, 3.8) is 0 Å². The molecule has 0 bridgehead atoms. The predicted octanol–water partition coefficient (Wildman–Crippen LogP) is 1.81. The minimum Gasteiger partial charge on any atom is -0.508 e. The van der Waals surface area contributed by atoms with Crippen LogP contribution >= 0.6 is 0 Å². The summed E-state index contributed by atoms with van der Waals surface area (Å²) in [6.07, 6.45) is 0. The summed E-state index contributed by atoms with van der Waals surface area (Å²) in [7, 11) is 1.74. The van der Waals surface area contributed by atoms with Crippen molar-refractivity contribution in [3.05, 3.63) is 29.3 Å². The monoisotopic (exact) mass is 237 g/mol. The highest BCUT2D eigenvalue weighted by atomic mass is 16.5. The molecule has 4 nitrogen and oxygen atoms in total. The van der Waals surface area contributed by atoms with E-state index >= 15 is 0 Å². The number of phenolic OH excluding ortho intramolecular Hbond substituents is 1. The van der Waals surface area contributed by atoms with Gasteiger partial charge >= 0.3 is 0 Å². The maximum Gasteiger partial charge on any atom is 0.253 e. The summed E-state index contributed by atoms with van der Waals surface area (Å²) < 4.78 is 5.20. The minimum absolute atomic E-state index is 0.0622. The molecular weight excluding hydrogens is 218 g/mol. The van der Waals surface area contributed by atoms with Gasteiger partial charge in [0.05, 0.1) is 6.61 Å². The summed E-state index contributed by atoms with van der Waals surface area (Å²) in [5.41, 5.74) is 1.29. The Bertz CT molecular complexity index is 390. The Balaban J connectivity index is 2.65. The van der Waals surface area contributed by atoms with Crippen LogP contribution in [-0.2, 0) is 4.74 Å². The summed E-state index contributed by atoms with van der Waals surface area (Å²) >= 11 is 0. The standard InChI is InChI=1S/C13H19NO3/c1-4-17-8-7-14(3)13(16)11-5-6-12(15)10(2)9-11/h5-6,9,15H,4,7-8H2,1-3H3. The lowest BCUT2D eigenvalue weighted by Crippen LogP contribution is -2.30. The van der Waals surface area contributed by atoms with Gasteiger partial charge in [-0.05, 0) is 37.6 Å². The second kappa shape index (κ2) is 6.25. The highest BCUT2D eigenvalue weighted by Crippen LogP contribution is 2.17. The van der Waals surface area contributed by atoms with Gasteiger partial charge in [0.1, 0.15) is 5.75 Å². The first kappa shape index (κ1) is 13.5. The van der Waals surface area contributed by atoms with E-state index in [1.54, 1.807) is 37.1 Å². The lowest BCUT2D eigenvalue weighted by Gasteiger charge is -2.17. The zero-order valence-corrected chi connectivity index (χ0v) is 10.6. The Kier molecular flexibility index (Phi) is 4.97. The van der Waals surface area contributed by atoms with Crippen LogP contribution in [-0.4, -0.2) is 42.7 Å². The molecule has 0 radical (unpaired) electrons. The Morgan fingerprint density at radius 1 is 1.47 bits per heavy atom. The number of amides is 1. The molecule has 0 spiro atoms. The van der Waals surface area contributed by atoms with E-state index in [0.29, 0.717) is 30.9 Å². The number of aromatic hydroxyl groups is 1. The van der Waals surface area contributed by atoms with Gasteiger partial charge in [-0.1, -0.05) is 0 Å². The van der Waals surface area contributed by atoms with E-state index in [-0.39, 0.29) is 11.7 Å². The van der Waals surface area contributed by atoms with Crippen molar-refractivity contribution in [1.29, 1.82) is 0 Å². The van der Waals surface area contributed by atoms with Gasteiger partial charge in [0.15, 0.2) is 0 Å². The fourth-order valence-corrected chi connectivity index (χ4v) is 1.46. The van der Waals surface area contributed by atoms with Crippen molar-refractivity contribution in [2.24, 2.45) is 0 Å². The first-order valence-corrected chi connectivity index (χ1v) is 5.69. The topological polar surface area (TPSA) is 49.8 Å². The number of carbonyl (C=O) groups excluding carboxylic acids is 1. The van der Waals surface area contributed by atoms with Crippen LogP contribution < -0.4 is 0 Å². The molecule has 1 N–H and O–H groups in total. The number of benzene rings is 1. The Labute approximate surface area is 102 Å². The lowest BCUT2D eigenvalue weighted by molar-refractivity contribution is 0.0710. The van der Waals surface area contributed by atoms with Crippen LogP contribution in [0.1, 0.15) is 22.8 Å². The molecule has 0 aliphatic carbocycles. The average Bonchev–Trinajstić information content (AvgIpc) is 2.32. The van der Waals surface area contributed by atoms with Crippen LogP contribution in [0.2, 0.25) is 0 Å². The van der Waals surface area contributed by atoms with Crippen molar-refractivity contribution in [2.75, 3.05) is 26.8 Å². The van der Waals surface area contributed by atoms with Gasteiger partial charge in [-0.2, -0.15) is 0 Å². The summed E-state index contributed by atoms with van der Waals surface area (Å²) in [5, 5.41) is 9.39. The number of aryl methyl sites for hydroxylation is 1. The number of hydrogen-bond acceptors (Lipinski definition) is 3. The molecule has 1 aromatic carbocycles. The van der Waals surface area contributed by atoms with E-state index in [2.05, 4.69) is 0 Å². The number of phenols is 1. The van der Waals surface area contributed by atoms with Crippen LogP contribution in [0.5, 0.6) is 5.75 Å². The van der Waals surface area contributed by atoms with Gasteiger partial charge in [0, 0.05) is 25.8 Å². The molecule has 0 aliphatic rings. The Morgan fingerprint density at radius 3 is 2.76 bits per heavy atom. The van der Waals surface area contributed by atoms with Crippen molar-refractivity contribution in [1.82, 2.24) is 4.90 Å². The number of nitrogens with zero attached hydrogens (tertiary/aromatic N) is 1. The minimum atomic E-state index is -0.0622. The van der Waals surface area contributed by atoms with Crippen LogP contribution in [0, 0.1) is 6.92 Å². The molecule has 4 heteroatoms. The molecule has 0 aromatic heterocycles. The van der Waals surface area contributed by atoms with E-state index in [1.165, 1.54) is 0 Å². The van der Waals surface area contributed by atoms with E-state index in [4.69, 9.17) is 4.74 Å². The SMILES string of the molecule is CCOCCN(C)C(=O)c1ccc(O)c(C)c1. The van der Waals surface area contributed by atoms with Gasteiger partial charge in [0.2, 0.25) is 0 Å². The van der Waals surface area contributed by atoms with Gasteiger partial charge in [0.25, 0.3) is 5.91 Å². The molecule has 1 rings (SSSR count). The van der Waals surface area contributed by atoms with Crippen LogP contribution in [0.4, 0.5) is 0 Å². The maximum absolute atomic E-state index is 12.0. The van der Waals surface area contributed by atoms with E-state index in [0.717, 1.165) is 0 Å². The third-order valence-corrected chi connectivity index (χ3v) is 2.57.